The predicted octanol–water partition coefficient (Wildman–Crippen LogP) is 3.58. The minimum atomic E-state index is -0.255. The molecule has 0 unspecified atom stereocenters. The molecule has 2 aromatic rings. The van der Waals surface area contributed by atoms with Crippen LogP contribution in [0.25, 0.3) is 10.9 Å². The molecule has 1 aliphatic heterocycles. The molecule has 2 heterocycles. The molecule has 0 saturated carbocycles. The lowest BCUT2D eigenvalue weighted by Gasteiger charge is -2.30. The van der Waals surface area contributed by atoms with Crippen molar-refractivity contribution in [3.63, 3.8) is 0 Å². The monoisotopic (exact) mass is 417 g/mol. The number of nitrogens with zero attached hydrogens (tertiary/aromatic N) is 2. The number of hydrogen-bond acceptors (Lipinski definition) is 4. The zero-order valence-electron chi connectivity index (χ0n) is 15.7. The third-order valence-corrected chi connectivity index (χ3v) is 7.14. The van der Waals surface area contributed by atoms with E-state index in [0.29, 0.717) is 36.7 Å². The second-order valence-corrected chi connectivity index (χ2v) is 9.00. The van der Waals surface area contributed by atoms with Gasteiger partial charge in [-0.2, -0.15) is 0 Å². The first-order chi connectivity index (χ1) is 13.5. The largest absolute Gasteiger partial charge is 0.369 e. The topological polar surface area (TPSA) is 76.3 Å². The zero-order chi connectivity index (χ0) is 19.7. The summed E-state index contributed by atoms with van der Waals surface area (Å²) in [7, 11) is 0. The van der Waals surface area contributed by atoms with Crippen LogP contribution in [0.4, 0.5) is 0 Å². The second-order valence-electron chi connectivity index (χ2n) is 7.58. The molecule has 2 N–H and O–H groups in total. The number of thioether (sulfide) groups is 1. The zero-order valence-corrected chi connectivity index (χ0v) is 17.3. The van der Waals surface area contributed by atoms with E-state index in [1.54, 1.807) is 11.8 Å². The molecule has 2 amide bonds. The Bertz CT molecular complexity index is 925. The van der Waals surface area contributed by atoms with Crippen molar-refractivity contribution in [2.24, 2.45) is 11.7 Å². The van der Waals surface area contributed by atoms with E-state index in [0.717, 1.165) is 42.3 Å². The molecule has 2 aliphatic rings. The Balaban J connectivity index is 1.53. The number of aryl methyl sites for hydroxylation is 1. The van der Waals surface area contributed by atoms with Gasteiger partial charge in [-0.1, -0.05) is 17.7 Å². The second kappa shape index (κ2) is 8.29. The molecule has 7 heteroatoms. The van der Waals surface area contributed by atoms with Crippen molar-refractivity contribution in [2.45, 2.75) is 43.4 Å². The molecular formula is C21H24ClN3O2S. The van der Waals surface area contributed by atoms with Gasteiger partial charge in [0.1, 0.15) is 0 Å². The van der Waals surface area contributed by atoms with Gasteiger partial charge in [-0.05, 0) is 56.2 Å². The molecule has 1 aliphatic carbocycles. The maximum Gasteiger partial charge on any atom is 0.232 e. The lowest BCUT2D eigenvalue weighted by atomic mass is 9.94. The lowest BCUT2D eigenvalue weighted by molar-refractivity contribution is -0.132. The summed E-state index contributed by atoms with van der Waals surface area (Å²) in [5.41, 5.74) is 8.75. The van der Waals surface area contributed by atoms with Crippen LogP contribution < -0.4 is 5.73 Å². The fraction of sp³-hybridized carbons (Fsp3) is 0.476. The van der Waals surface area contributed by atoms with Gasteiger partial charge >= 0.3 is 0 Å². The first-order valence-corrected chi connectivity index (χ1v) is 11.2. The Morgan fingerprint density at radius 3 is 2.71 bits per heavy atom. The number of pyridine rings is 1. The maximum atomic E-state index is 12.8. The van der Waals surface area contributed by atoms with Crippen LogP contribution in [0.2, 0.25) is 5.02 Å². The van der Waals surface area contributed by atoms with E-state index in [2.05, 4.69) is 0 Å². The van der Waals surface area contributed by atoms with Crippen LogP contribution in [0, 0.1) is 5.92 Å². The van der Waals surface area contributed by atoms with Crippen molar-refractivity contribution in [1.29, 1.82) is 0 Å². The van der Waals surface area contributed by atoms with E-state index in [9.17, 15) is 9.59 Å². The smallest absolute Gasteiger partial charge is 0.232 e. The summed E-state index contributed by atoms with van der Waals surface area (Å²) < 4.78 is 0. The van der Waals surface area contributed by atoms with E-state index in [4.69, 9.17) is 22.3 Å². The summed E-state index contributed by atoms with van der Waals surface area (Å²) in [5.74, 6) is 0.166. The molecule has 0 spiro atoms. The van der Waals surface area contributed by atoms with Crippen LogP contribution in [0.3, 0.4) is 0 Å². The fourth-order valence-electron chi connectivity index (χ4n) is 4.16. The van der Waals surface area contributed by atoms with Gasteiger partial charge in [-0.25, -0.2) is 0 Å². The van der Waals surface area contributed by atoms with Crippen molar-refractivity contribution in [1.82, 2.24) is 9.88 Å². The van der Waals surface area contributed by atoms with E-state index in [-0.39, 0.29) is 17.7 Å². The standard InChI is InChI=1S/C21H24ClN3O2S/c22-14-5-6-16-18(11-14)24-17-4-2-1-3-15(17)20(16)28-12-19(26)25-9-7-13(8-10-25)21(23)27/h5-6,11,13H,1-4,7-10,12H2,(H2,23,27). The predicted molar refractivity (Wildman–Crippen MR) is 113 cm³/mol. The van der Waals surface area contributed by atoms with E-state index in [1.807, 2.05) is 23.1 Å². The first kappa shape index (κ1) is 19.5. The van der Waals surface area contributed by atoms with Crippen LogP contribution >= 0.6 is 23.4 Å². The van der Waals surface area contributed by atoms with Gasteiger partial charge in [0.15, 0.2) is 0 Å². The molecule has 1 aromatic heterocycles. The molecule has 28 heavy (non-hydrogen) atoms. The number of carbonyl (C=O) groups is 2. The maximum absolute atomic E-state index is 12.8. The Morgan fingerprint density at radius 2 is 1.96 bits per heavy atom. The fourth-order valence-corrected chi connectivity index (χ4v) is 5.50. The van der Waals surface area contributed by atoms with Gasteiger partial charge in [-0.15, -0.1) is 11.8 Å². The number of hydrogen-bond donors (Lipinski definition) is 1. The van der Waals surface area contributed by atoms with Crippen LogP contribution in [-0.2, 0) is 22.4 Å². The van der Waals surface area contributed by atoms with Crippen molar-refractivity contribution in [3.8, 4) is 0 Å². The molecule has 148 valence electrons. The minimum absolute atomic E-state index is 0.0994. The third-order valence-electron chi connectivity index (χ3n) is 5.76. The highest BCUT2D eigenvalue weighted by molar-refractivity contribution is 8.00. The summed E-state index contributed by atoms with van der Waals surface area (Å²) >= 11 is 7.79. The number of likely N-dealkylation sites (tertiary alicyclic amines) is 1. The molecule has 1 fully saturated rings. The number of primary amides is 1. The van der Waals surface area contributed by atoms with E-state index in [1.165, 1.54) is 10.5 Å². The molecule has 1 saturated heterocycles. The molecular weight excluding hydrogens is 394 g/mol. The summed E-state index contributed by atoms with van der Waals surface area (Å²) in [5, 5.41) is 1.76. The number of rotatable bonds is 4. The number of nitrogens with two attached hydrogens (primary N) is 1. The van der Waals surface area contributed by atoms with Crippen LogP contribution in [-0.4, -0.2) is 40.5 Å². The molecule has 0 bridgehead atoms. The van der Waals surface area contributed by atoms with Gasteiger partial charge in [0.25, 0.3) is 0 Å². The minimum Gasteiger partial charge on any atom is -0.369 e. The Labute approximate surface area is 174 Å². The lowest BCUT2D eigenvalue weighted by Crippen LogP contribution is -2.42. The number of benzene rings is 1. The van der Waals surface area contributed by atoms with Crippen molar-refractivity contribution in [3.05, 3.63) is 34.5 Å². The summed E-state index contributed by atoms with van der Waals surface area (Å²) in [6.07, 6.45) is 5.65. The van der Waals surface area contributed by atoms with E-state index < -0.39 is 0 Å². The number of halogens is 1. The van der Waals surface area contributed by atoms with Gasteiger partial charge in [0.05, 0.1) is 11.3 Å². The average molecular weight is 418 g/mol. The normalized spacial score (nSPS) is 17.5. The number of aromatic nitrogens is 1. The first-order valence-electron chi connectivity index (χ1n) is 9.84. The number of fused-ring (bicyclic) bond motifs is 2. The van der Waals surface area contributed by atoms with Crippen molar-refractivity contribution in [2.75, 3.05) is 18.8 Å². The number of amides is 2. The van der Waals surface area contributed by atoms with Crippen LogP contribution in [0.1, 0.15) is 36.9 Å². The van der Waals surface area contributed by atoms with Gasteiger partial charge in [0.2, 0.25) is 11.8 Å². The van der Waals surface area contributed by atoms with Crippen molar-refractivity contribution < 1.29 is 9.59 Å². The SMILES string of the molecule is NC(=O)C1CCN(C(=O)CSc2c3c(nc4cc(Cl)ccc24)CCCC3)CC1. The third kappa shape index (κ3) is 3.98. The van der Waals surface area contributed by atoms with Gasteiger partial charge in [0, 0.05) is 40.0 Å². The summed E-state index contributed by atoms with van der Waals surface area (Å²) in [4.78, 5) is 32.0. The highest BCUT2D eigenvalue weighted by atomic mass is 35.5. The van der Waals surface area contributed by atoms with Gasteiger partial charge < -0.3 is 10.6 Å². The van der Waals surface area contributed by atoms with Crippen LogP contribution in [0.15, 0.2) is 23.1 Å². The molecule has 4 rings (SSSR count). The van der Waals surface area contributed by atoms with E-state index >= 15 is 0 Å². The molecule has 0 radical (unpaired) electrons. The number of carbonyl (C=O) groups excluding carboxylic acids is 2. The Hall–Kier alpha value is -1.79. The average Bonchev–Trinajstić information content (AvgIpc) is 2.70. The Morgan fingerprint density at radius 1 is 1.21 bits per heavy atom. The Kier molecular flexibility index (Phi) is 5.78. The highest BCUT2D eigenvalue weighted by Crippen LogP contribution is 2.37. The highest BCUT2D eigenvalue weighted by Gasteiger charge is 2.26. The summed E-state index contributed by atoms with van der Waals surface area (Å²) in [6, 6.07) is 5.82. The van der Waals surface area contributed by atoms with Gasteiger partial charge in [-0.3, -0.25) is 14.6 Å². The summed E-state index contributed by atoms with van der Waals surface area (Å²) in [6.45, 7) is 1.22. The quantitative estimate of drug-likeness (QED) is 0.771. The van der Waals surface area contributed by atoms with Crippen molar-refractivity contribution >= 4 is 46.1 Å². The molecule has 5 nitrogen and oxygen atoms in total. The van der Waals surface area contributed by atoms with Crippen LogP contribution in [0.5, 0.6) is 0 Å². The number of piperidine rings is 1. The molecule has 0 atom stereocenters. The molecule has 1 aromatic carbocycles.